The van der Waals surface area contributed by atoms with E-state index in [1.807, 2.05) is 33.4 Å². The molecule has 0 aliphatic heterocycles. The van der Waals surface area contributed by atoms with Gasteiger partial charge in [0.15, 0.2) is 0 Å². The number of aliphatic hydroxyl groups is 1. The molecule has 0 radical (unpaired) electrons. The summed E-state index contributed by atoms with van der Waals surface area (Å²) in [4.78, 5) is 0. The molecule has 1 heterocycles. The Bertz CT molecular complexity index is 905. The minimum Gasteiger partial charge on any atom is -0.385 e. The number of nitrogens with zero attached hydrogens (tertiary/aromatic N) is 2. The summed E-state index contributed by atoms with van der Waals surface area (Å²) in [5.74, 6) is 0.565. The van der Waals surface area contributed by atoms with E-state index in [0.717, 1.165) is 11.0 Å². The molecule has 2 aromatic carbocycles. The molecule has 1 aromatic heterocycles. The van der Waals surface area contributed by atoms with Crippen LogP contribution in [0.25, 0.3) is 11.0 Å². The van der Waals surface area contributed by atoms with Crippen LogP contribution in [0.15, 0.2) is 55.1 Å². The van der Waals surface area contributed by atoms with Crippen LogP contribution in [0.1, 0.15) is 11.7 Å². The van der Waals surface area contributed by atoms with Crippen LogP contribution < -0.4 is 10.3 Å². The van der Waals surface area contributed by atoms with Crippen molar-refractivity contribution >= 4 is 40.2 Å². The van der Waals surface area contributed by atoms with Crippen LogP contribution in [0.2, 0.25) is 10.0 Å². The van der Waals surface area contributed by atoms with Gasteiger partial charge in [-0.3, -0.25) is 5.73 Å². The van der Waals surface area contributed by atoms with E-state index >= 15 is 0 Å². The van der Waals surface area contributed by atoms with E-state index in [-0.39, 0.29) is 0 Å². The molecular weight excluding hydrogens is 345 g/mol. The Kier molecular flexibility index (Phi) is 4.81. The zero-order valence-corrected chi connectivity index (χ0v) is 14.5. The smallest absolute Gasteiger partial charge is 0.356 e. The van der Waals surface area contributed by atoms with Crippen LogP contribution in [0.5, 0.6) is 0 Å². The molecule has 1 atom stereocenters. The highest BCUT2D eigenvalue weighted by Gasteiger charge is 2.23. The first-order valence-corrected chi connectivity index (χ1v) is 8.29. The van der Waals surface area contributed by atoms with Crippen molar-refractivity contribution in [3.8, 4) is 0 Å². The van der Waals surface area contributed by atoms with Gasteiger partial charge >= 0.3 is 5.95 Å². The molecule has 0 bridgehead atoms. The third-order valence-electron chi connectivity index (χ3n) is 4.01. The lowest BCUT2D eigenvalue weighted by atomic mass is 10.1. The Morgan fingerprint density at radius 3 is 2.67 bits per heavy atom. The molecule has 6 heteroatoms. The first kappa shape index (κ1) is 16.8. The van der Waals surface area contributed by atoms with Crippen LogP contribution >= 0.6 is 23.2 Å². The van der Waals surface area contributed by atoms with Gasteiger partial charge in [0.05, 0.1) is 16.6 Å². The van der Waals surface area contributed by atoms with Crippen molar-refractivity contribution in [2.75, 3.05) is 5.73 Å². The van der Waals surface area contributed by atoms with Crippen molar-refractivity contribution in [2.45, 2.75) is 19.2 Å². The van der Waals surface area contributed by atoms with E-state index in [0.29, 0.717) is 34.6 Å². The highest BCUT2D eigenvalue weighted by Crippen LogP contribution is 2.26. The van der Waals surface area contributed by atoms with Gasteiger partial charge in [0, 0.05) is 0 Å². The minimum absolute atomic E-state index is 0.314. The van der Waals surface area contributed by atoms with Crippen molar-refractivity contribution in [3.63, 3.8) is 0 Å². The van der Waals surface area contributed by atoms with E-state index in [4.69, 9.17) is 28.9 Å². The number of hydrogen-bond donors (Lipinski definition) is 2. The maximum Gasteiger partial charge on any atom is 0.356 e. The van der Waals surface area contributed by atoms with Gasteiger partial charge in [-0.2, -0.15) is 0 Å². The number of anilines is 1. The number of rotatable bonds is 5. The average Bonchev–Trinajstić information content (AvgIpc) is 2.83. The molecule has 3 N–H and O–H groups in total. The Morgan fingerprint density at radius 2 is 1.96 bits per heavy atom. The standard InChI is InChI=1S/C18H17Cl2N3O/c1-2-9-22-15-5-3-4-6-16(15)23(18(22)21)11-17(24)12-7-8-13(19)14(20)10-12/h2-8,10,17,21,24H,1,9,11H2/p+1/t17-/m1/s1. The highest BCUT2D eigenvalue weighted by molar-refractivity contribution is 6.42. The van der Waals surface area contributed by atoms with Crippen LogP contribution in [0.4, 0.5) is 5.95 Å². The van der Waals surface area contributed by atoms with Crippen LogP contribution in [-0.2, 0) is 13.1 Å². The first-order chi connectivity index (χ1) is 11.5. The lowest BCUT2D eigenvalue weighted by Crippen LogP contribution is -2.39. The highest BCUT2D eigenvalue weighted by atomic mass is 35.5. The maximum atomic E-state index is 10.6. The topological polar surface area (TPSA) is 55.1 Å². The predicted octanol–water partition coefficient (Wildman–Crippen LogP) is 3.74. The molecule has 0 aliphatic carbocycles. The molecular formula is C18H18Cl2N3O+. The Balaban J connectivity index is 2.01. The molecule has 0 saturated carbocycles. The van der Waals surface area contributed by atoms with Gasteiger partial charge in [-0.25, -0.2) is 9.13 Å². The van der Waals surface area contributed by atoms with Gasteiger partial charge < -0.3 is 5.11 Å². The van der Waals surface area contributed by atoms with Gasteiger partial charge in [-0.15, -0.1) is 0 Å². The van der Waals surface area contributed by atoms with Crippen LogP contribution in [0.3, 0.4) is 0 Å². The molecule has 0 amide bonds. The van der Waals surface area contributed by atoms with Crippen molar-refractivity contribution in [1.29, 1.82) is 0 Å². The number of hydrogen-bond acceptors (Lipinski definition) is 2. The zero-order valence-electron chi connectivity index (χ0n) is 13.0. The van der Waals surface area contributed by atoms with Crippen LogP contribution in [-0.4, -0.2) is 9.67 Å². The minimum atomic E-state index is -0.755. The first-order valence-electron chi connectivity index (χ1n) is 7.53. The van der Waals surface area contributed by atoms with Gasteiger partial charge in [0.1, 0.15) is 23.7 Å². The molecule has 0 aliphatic rings. The molecule has 4 nitrogen and oxygen atoms in total. The largest absolute Gasteiger partial charge is 0.385 e. The zero-order chi connectivity index (χ0) is 17.3. The van der Waals surface area contributed by atoms with Gasteiger partial charge in [0.25, 0.3) is 0 Å². The number of halogens is 2. The Morgan fingerprint density at radius 1 is 1.21 bits per heavy atom. The van der Waals surface area contributed by atoms with Crippen LogP contribution in [0, 0.1) is 0 Å². The Hall–Kier alpha value is -2.01. The fourth-order valence-electron chi connectivity index (χ4n) is 2.82. The number of para-hydroxylation sites is 2. The Labute approximate surface area is 150 Å². The third-order valence-corrected chi connectivity index (χ3v) is 4.75. The molecule has 0 fully saturated rings. The molecule has 3 aromatic rings. The number of fused-ring (bicyclic) bond motifs is 1. The fraction of sp³-hybridized carbons (Fsp3) is 0.167. The number of aromatic nitrogens is 2. The monoisotopic (exact) mass is 362 g/mol. The average molecular weight is 363 g/mol. The van der Waals surface area contributed by atoms with E-state index < -0.39 is 6.10 Å². The number of nitrogen functional groups attached to an aromatic ring is 1. The summed E-state index contributed by atoms with van der Waals surface area (Å²) in [6.07, 6.45) is 1.04. The molecule has 0 saturated heterocycles. The number of nitrogens with two attached hydrogens (primary N) is 1. The summed E-state index contributed by atoms with van der Waals surface area (Å²) in [6.45, 7) is 4.69. The lowest BCUT2D eigenvalue weighted by molar-refractivity contribution is -0.666. The predicted molar refractivity (Wildman–Crippen MR) is 98.2 cm³/mol. The third kappa shape index (κ3) is 3.00. The summed E-state index contributed by atoms with van der Waals surface area (Å²) in [5.41, 5.74) is 8.95. The summed E-state index contributed by atoms with van der Waals surface area (Å²) in [6, 6.07) is 13.0. The second-order valence-electron chi connectivity index (χ2n) is 5.55. The molecule has 0 unspecified atom stereocenters. The summed E-state index contributed by atoms with van der Waals surface area (Å²) in [5, 5.41) is 11.5. The normalized spacial score (nSPS) is 12.5. The van der Waals surface area contributed by atoms with Crippen molar-refractivity contribution in [3.05, 3.63) is 70.7 Å². The summed E-state index contributed by atoms with van der Waals surface area (Å²) in [7, 11) is 0. The second-order valence-corrected chi connectivity index (χ2v) is 6.36. The summed E-state index contributed by atoms with van der Waals surface area (Å²) < 4.78 is 3.86. The second kappa shape index (κ2) is 6.85. The molecule has 124 valence electrons. The van der Waals surface area contributed by atoms with Crippen molar-refractivity contribution in [2.24, 2.45) is 0 Å². The SMILES string of the molecule is C=CCn1c(N)[n+](C[C@@H](O)c2ccc(Cl)c(Cl)c2)c2ccccc21. The quantitative estimate of drug-likeness (QED) is 0.536. The van der Waals surface area contributed by atoms with E-state index in [1.165, 1.54) is 0 Å². The molecule has 0 spiro atoms. The fourth-order valence-corrected chi connectivity index (χ4v) is 3.13. The van der Waals surface area contributed by atoms with Crippen molar-refractivity contribution < 1.29 is 9.67 Å². The maximum absolute atomic E-state index is 10.6. The van der Waals surface area contributed by atoms with Gasteiger partial charge in [-0.05, 0) is 29.8 Å². The summed E-state index contributed by atoms with van der Waals surface area (Å²) >= 11 is 12.0. The van der Waals surface area contributed by atoms with Gasteiger partial charge in [0.2, 0.25) is 0 Å². The number of aliphatic hydroxyl groups excluding tert-OH is 1. The van der Waals surface area contributed by atoms with Crippen molar-refractivity contribution in [1.82, 2.24) is 4.57 Å². The number of imidazole rings is 1. The van der Waals surface area contributed by atoms with E-state index in [9.17, 15) is 5.11 Å². The number of allylic oxidation sites excluding steroid dienone is 1. The van der Waals surface area contributed by atoms with Gasteiger partial charge in [-0.1, -0.05) is 54.1 Å². The molecule has 24 heavy (non-hydrogen) atoms. The molecule has 3 rings (SSSR count). The van der Waals surface area contributed by atoms with E-state index in [2.05, 4.69) is 6.58 Å². The lowest BCUT2D eigenvalue weighted by Gasteiger charge is -2.11. The van der Waals surface area contributed by atoms with E-state index in [1.54, 1.807) is 24.3 Å². The number of benzene rings is 2.